The highest BCUT2D eigenvalue weighted by Crippen LogP contribution is 2.33. The second-order valence-corrected chi connectivity index (χ2v) is 8.07. The van der Waals surface area contributed by atoms with Gasteiger partial charge in [-0.1, -0.05) is 18.2 Å². The molecule has 10 heteroatoms. The van der Waals surface area contributed by atoms with Gasteiger partial charge in [-0.05, 0) is 55.0 Å². The SMILES string of the molecule is Cc1cc(C(=O)Cn2nnc(-c3ccc(C(N)=O)cc3)n2)c(C)n1Cc1ccc2c(c1)OCO2. The van der Waals surface area contributed by atoms with Crippen molar-refractivity contribution < 1.29 is 19.1 Å². The summed E-state index contributed by atoms with van der Waals surface area (Å²) in [5, 5.41) is 12.3. The third-order valence-electron chi connectivity index (χ3n) is 5.82. The largest absolute Gasteiger partial charge is 0.454 e. The summed E-state index contributed by atoms with van der Waals surface area (Å²) >= 11 is 0. The monoisotopic (exact) mass is 458 g/mol. The number of fused-ring (bicyclic) bond motifs is 1. The highest BCUT2D eigenvalue weighted by Gasteiger charge is 2.19. The van der Waals surface area contributed by atoms with Gasteiger partial charge in [-0.3, -0.25) is 9.59 Å². The number of amides is 1. The van der Waals surface area contributed by atoms with Gasteiger partial charge in [0.05, 0.1) is 0 Å². The Morgan fingerprint density at radius 1 is 1.03 bits per heavy atom. The molecule has 34 heavy (non-hydrogen) atoms. The highest BCUT2D eigenvalue weighted by molar-refractivity contribution is 5.97. The molecule has 5 rings (SSSR count). The average molecular weight is 458 g/mol. The first-order valence-electron chi connectivity index (χ1n) is 10.7. The maximum Gasteiger partial charge on any atom is 0.248 e. The fourth-order valence-electron chi connectivity index (χ4n) is 3.97. The van der Waals surface area contributed by atoms with Crippen LogP contribution in [0.25, 0.3) is 11.4 Å². The van der Waals surface area contributed by atoms with E-state index in [4.69, 9.17) is 15.2 Å². The predicted octanol–water partition coefficient (Wildman–Crippen LogP) is 2.52. The lowest BCUT2D eigenvalue weighted by Crippen LogP contribution is -2.14. The van der Waals surface area contributed by atoms with E-state index < -0.39 is 5.91 Å². The Kier molecular flexibility index (Phi) is 5.33. The number of rotatable bonds is 7. The van der Waals surface area contributed by atoms with E-state index in [1.807, 2.05) is 38.1 Å². The molecule has 2 aromatic carbocycles. The first kappa shape index (κ1) is 21.4. The van der Waals surface area contributed by atoms with Crippen LogP contribution in [-0.2, 0) is 13.1 Å². The molecule has 0 spiro atoms. The number of ether oxygens (including phenoxy) is 2. The number of nitrogens with two attached hydrogens (primary N) is 1. The van der Waals surface area contributed by atoms with Gasteiger partial charge in [-0.25, -0.2) is 0 Å². The quantitative estimate of drug-likeness (QED) is 0.422. The molecule has 0 aliphatic carbocycles. The Hall–Kier alpha value is -4.47. The normalized spacial score (nSPS) is 12.2. The lowest BCUT2D eigenvalue weighted by atomic mass is 10.1. The van der Waals surface area contributed by atoms with E-state index >= 15 is 0 Å². The molecule has 1 aliphatic heterocycles. The minimum atomic E-state index is -0.509. The van der Waals surface area contributed by atoms with Crippen molar-refractivity contribution in [3.05, 3.63) is 76.6 Å². The topological polar surface area (TPSA) is 127 Å². The van der Waals surface area contributed by atoms with Crippen LogP contribution in [0.1, 0.15) is 37.7 Å². The zero-order valence-electron chi connectivity index (χ0n) is 18.7. The number of carbonyl (C=O) groups is 2. The van der Waals surface area contributed by atoms with Crippen LogP contribution in [0.3, 0.4) is 0 Å². The van der Waals surface area contributed by atoms with Crippen molar-refractivity contribution in [1.82, 2.24) is 24.8 Å². The van der Waals surface area contributed by atoms with Crippen LogP contribution in [0.4, 0.5) is 0 Å². The van der Waals surface area contributed by atoms with Crippen LogP contribution >= 0.6 is 0 Å². The van der Waals surface area contributed by atoms with Gasteiger partial charge >= 0.3 is 0 Å². The van der Waals surface area contributed by atoms with Crippen LogP contribution in [-0.4, -0.2) is 43.3 Å². The lowest BCUT2D eigenvalue weighted by molar-refractivity contribution is 0.0959. The summed E-state index contributed by atoms with van der Waals surface area (Å²) in [5.41, 5.74) is 9.83. The predicted molar refractivity (Wildman–Crippen MR) is 122 cm³/mol. The smallest absolute Gasteiger partial charge is 0.248 e. The molecule has 0 saturated carbocycles. The second-order valence-electron chi connectivity index (χ2n) is 8.07. The maximum atomic E-state index is 13.0. The van der Waals surface area contributed by atoms with Crippen molar-refractivity contribution in [2.75, 3.05) is 6.79 Å². The van der Waals surface area contributed by atoms with Gasteiger partial charge in [0.1, 0.15) is 6.54 Å². The molecular formula is C24H22N6O4. The van der Waals surface area contributed by atoms with E-state index in [0.717, 1.165) is 28.5 Å². The number of hydrogen-bond donors (Lipinski definition) is 1. The molecule has 0 radical (unpaired) electrons. The van der Waals surface area contributed by atoms with Gasteiger partial charge in [-0.2, -0.15) is 4.80 Å². The Morgan fingerprint density at radius 3 is 2.56 bits per heavy atom. The molecule has 1 aliphatic rings. The van der Waals surface area contributed by atoms with Gasteiger partial charge < -0.3 is 19.8 Å². The van der Waals surface area contributed by atoms with Crippen molar-refractivity contribution >= 4 is 11.7 Å². The molecule has 0 atom stereocenters. The summed E-state index contributed by atoms with van der Waals surface area (Å²) < 4.78 is 12.9. The molecule has 2 aromatic heterocycles. The Morgan fingerprint density at radius 2 is 1.79 bits per heavy atom. The minimum Gasteiger partial charge on any atom is -0.454 e. The molecule has 4 aromatic rings. The molecule has 10 nitrogen and oxygen atoms in total. The molecule has 0 fully saturated rings. The maximum absolute atomic E-state index is 13.0. The first-order chi connectivity index (χ1) is 16.4. The summed E-state index contributed by atoms with van der Waals surface area (Å²) in [6.07, 6.45) is 0. The van der Waals surface area contributed by atoms with Crippen molar-refractivity contribution in [3.8, 4) is 22.9 Å². The number of ketones is 1. The van der Waals surface area contributed by atoms with E-state index in [-0.39, 0.29) is 19.1 Å². The fourth-order valence-corrected chi connectivity index (χ4v) is 3.97. The lowest BCUT2D eigenvalue weighted by Gasteiger charge is -2.10. The summed E-state index contributed by atoms with van der Waals surface area (Å²) in [4.78, 5) is 25.5. The third kappa shape index (κ3) is 4.01. The third-order valence-corrected chi connectivity index (χ3v) is 5.82. The van der Waals surface area contributed by atoms with Crippen molar-refractivity contribution in [2.45, 2.75) is 26.9 Å². The summed E-state index contributed by atoms with van der Waals surface area (Å²) in [6, 6.07) is 14.3. The Balaban J connectivity index is 1.31. The van der Waals surface area contributed by atoms with Crippen LogP contribution in [0, 0.1) is 13.8 Å². The van der Waals surface area contributed by atoms with E-state index in [1.54, 1.807) is 24.3 Å². The van der Waals surface area contributed by atoms with Gasteiger partial charge in [0.15, 0.2) is 17.3 Å². The number of benzene rings is 2. The number of tetrazole rings is 1. The number of aryl methyl sites for hydroxylation is 1. The fraction of sp³-hybridized carbons (Fsp3) is 0.208. The zero-order valence-corrected chi connectivity index (χ0v) is 18.7. The molecule has 0 bridgehead atoms. The summed E-state index contributed by atoms with van der Waals surface area (Å²) in [6.45, 7) is 4.69. The van der Waals surface area contributed by atoms with Crippen LogP contribution in [0.15, 0.2) is 48.5 Å². The van der Waals surface area contributed by atoms with Crippen LogP contribution in [0.2, 0.25) is 0 Å². The number of nitrogens with zero attached hydrogens (tertiary/aromatic N) is 5. The average Bonchev–Trinajstić information content (AvgIpc) is 3.55. The number of aromatic nitrogens is 5. The molecule has 2 N–H and O–H groups in total. The minimum absolute atomic E-state index is 0.0410. The number of carbonyl (C=O) groups excluding carboxylic acids is 2. The molecule has 1 amide bonds. The highest BCUT2D eigenvalue weighted by atomic mass is 16.7. The standard InChI is InChI=1S/C24H22N6O4/c1-14-9-19(15(2)29(14)11-16-3-8-21-22(10-16)34-13-33-21)20(31)12-30-27-24(26-28-30)18-6-4-17(5-7-18)23(25)32/h3-10H,11-13H2,1-2H3,(H2,25,32). The molecule has 172 valence electrons. The van der Waals surface area contributed by atoms with Gasteiger partial charge in [0, 0.05) is 34.6 Å². The van der Waals surface area contributed by atoms with Gasteiger partial charge in [-0.15, -0.1) is 10.2 Å². The number of primary amides is 1. The van der Waals surface area contributed by atoms with Crippen LogP contribution < -0.4 is 15.2 Å². The summed E-state index contributed by atoms with van der Waals surface area (Å²) in [7, 11) is 0. The van der Waals surface area contributed by atoms with E-state index in [0.29, 0.717) is 29.1 Å². The molecular weight excluding hydrogens is 436 g/mol. The Labute approximate surface area is 194 Å². The van der Waals surface area contributed by atoms with E-state index in [9.17, 15) is 9.59 Å². The second kappa shape index (κ2) is 8.47. The van der Waals surface area contributed by atoms with Crippen molar-refractivity contribution in [1.29, 1.82) is 0 Å². The van der Waals surface area contributed by atoms with Gasteiger partial charge in [0.2, 0.25) is 18.5 Å². The first-order valence-corrected chi connectivity index (χ1v) is 10.7. The zero-order chi connectivity index (χ0) is 23.8. The van der Waals surface area contributed by atoms with Crippen molar-refractivity contribution in [2.24, 2.45) is 5.73 Å². The van der Waals surface area contributed by atoms with E-state index in [1.165, 1.54) is 4.80 Å². The summed E-state index contributed by atoms with van der Waals surface area (Å²) in [5.74, 6) is 1.21. The van der Waals surface area contributed by atoms with E-state index in [2.05, 4.69) is 20.0 Å². The number of Topliss-reactive ketones (excluding diaryl/α,β-unsaturated/α-hetero) is 1. The van der Waals surface area contributed by atoms with Gasteiger partial charge in [0.25, 0.3) is 0 Å². The van der Waals surface area contributed by atoms with Crippen LogP contribution in [0.5, 0.6) is 11.5 Å². The molecule has 0 saturated heterocycles. The number of hydrogen-bond acceptors (Lipinski definition) is 7. The molecule has 3 heterocycles. The Bertz CT molecular complexity index is 1400. The van der Waals surface area contributed by atoms with Crippen molar-refractivity contribution in [3.63, 3.8) is 0 Å². The molecule has 0 unspecified atom stereocenters.